The Labute approximate surface area is 137 Å². The molecule has 2 heterocycles. The van der Waals surface area contributed by atoms with Crippen molar-refractivity contribution in [3.63, 3.8) is 0 Å². The van der Waals surface area contributed by atoms with E-state index in [0.29, 0.717) is 22.8 Å². The molecule has 0 unspecified atom stereocenters. The molecule has 0 saturated carbocycles. The molecule has 2 aromatic rings. The topological polar surface area (TPSA) is 55.7 Å². The van der Waals surface area contributed by atoms with Gasteiger partial charge in [0.05, 0.1) is 21.6 Å². The van der Waals surface area contributed by atoms with E-state index in [2.05, 4.69) is 30.9 Å². The highest BCUT2D eigenvalue weighted by atomic mass is 79.9. The molecule has 0 spiro atoms. The summed E-state index contributed by atoms with van der Waals surface area (Å²) in [5.74, 6) is 0.626. The van der Waals surface area contributed by atoms with Crippen LogP contribution in [0.2, 0.25) is 5.02 Å². The lowest BCUT2D eigenvalue weighted by molar-refractivity contribution is 0.102. The zero-order valence-corrected chi connectivity index (χ0v) is 14.1. The summed E-state index contributed by atoms with van der Waals surface area (Å²) in [4.78, 5) is 24.4. The molecule has 0 aliphatic carbocycles. The smallest absolute Gasteiger partial charge is 0.176 e. The second-order valence-corrected chi connectivity index (χ2v) is 6.31. The summed E-state index contributed by atoms with van der Waals surface area (Å²) in [6.45, 7) is 4.09. The van der Waals surface area contributed by atoms with Crippen molar-refractivity contribution < 1.29 is 4.79 Å². The van der Waals surface area contributed by atoms with E-state index in [1.165, 1.54) is 0 Å². The zero-order chi connectivity index (χ0) is 15.5. The summed E-state index contributed by atoms with van der Waals surface area (Å²) in [6, 6.07) is 3.63. The molecule has 6 heteroatoms. The van der Waals surface area contributed by atoms with Gasteiger partial charge < -0.3 is 0 Å². The number of pyridine rings is 1. The number of Topliss-reactive ketones (excluding diaryl/α,β-unsaturated/α-hetero) is 1. The molecule has 0 bridgehead atoms. The van der Waals surface area contributed by atoms with E-state index in [0.717, 1.165) is 5.69 Å². The maximum absolute atomic E-state index is 11.5. The standard InChI is InChI=1S/C15H15BrClN3O/c1-15(2,14-11(17)4-3-5-18-14)6-13-19-8-10(9-20-13)12(21)7-16/h3-5,8-9H,6-7H2,1-2H3. The van der Waals surface area contributed by atoms with E-state index < -0.39 is 0 Å². The largest absolute Gasteiger partial charge is 0.293 e. The van der Waals surface area contributed by atoms with E-state index in [9.17, 15) is 4.79 Å². The summed E-state index contributed by atoms with van der Waals surface area (Å²) < 4.78 is 0. The SMILES string of the molecule is CC(C)(Cc1ncc(C(=O)CBr)cn1)c1ncccc1Cl. The third-order valence-electron chi connectivity index (χ3n) is 3.15. The Morgan fingerprint density at radius 1 is 1.29 bits per heavy atom. The minimum absolute atomic E-state index is 0.0337. The average molecular weight is 369 g/mol. The number of rotatable bonds is 5. The molecule has 0 aromatic carbocycles. The number of ketones is 1. The number of hydrogen-bond acceptors (Lipinski definition) is 4. The van der Waals surface area contributed by atoms with E-state index in [4.69, 9.17) is 11.6 Å². The predicted molar refractivity (Wildman–Crippen MR) is 86.1 cm³/mol. The average Bonchev–Trinajstić information content (AvgIpc) is 2.47. The summed E-state index contributed by atoms with van der Waals surface area (Å²) in [7, 11) is 0. The van der Waals surface area contributed by atoms with Crippen molar-refractivity contribution in [1.29, 1.82) is 0 Å². The van der Waals surface area contributed by atoms with E-state index in [1.54, 1.807) is 24.7 Å². The van der Waals surface area contributed by atoms with Crippen molar-refractivity contribution in [3.8, 4) is 0 Å². The van der Waals surface area contributed by atoms with Crippen LogP contribution in [0.15, 0.2) is 30.7 Å². The van der Waals surface area contributed by atoms with Crippen molar-refractivity contribution in [2.45, 2.75) is 25.7 Å². The molecule has 4 nitrogen and oxygen atoms in total. The van der Waals surface area contributed by atoms with Crippen LogP contribution >= 0.6 is 27.5 Å². The molecule has 0 aliphatic rings. The van der Waals surface area contributed by atoms with Crippen LogP contribution in [0.3, 0.4) is 0 Å². The molecular weight excluding hydrogens is 354 g/mol. The second-order valence-electron chi connectivity index (χ2n) is 5.34. The molecule has 21 heavy (non-hydrogen) atoms. The molecular formula is C15H15BrClN3O. The number of alkyl halides is 1. The highest BCUT2D eigenvalue weighted by Crippen LogP contribution is 2.30. The van der Waals surface area contributed by atoms with Gasteiger partial charge >= 0.3 is 0 Å². The van der Waals surface area contributed by atoms with Gasteiger partial charge in [-0.2, -0.15) is 0 Å². The molecule has 0 saturated heterocycles. The van der Waals surface area contributed by atoms with Gasteiger partial charge in [-0.05, 0) is 12.1 Å². The quantitative estimate of drug-likeness (QED) is 0.597. The Balaban J connectivity index is 2.21. The Hall–Kier alpha value is -1.33. The van der Waals surface area contributed by atoms with Crippen molar-refractivity contribution in [2.75, 3.05) is 5.33 Å². The van der Waals surface area contributed by atoms with Crippen molar-refractivity contribution in [2.24, 2.45) is 0 Å². The van der Waals surface area contributed by atoms with Crippen LogP contribution in [0.25, 0.3) is 0 Å². The van der Waals surface area contributed by atoms with Gasteiger partial charge in [0.1, 0.15) is 5.82 Å². The number of carbonyl (C=O) groups excluding carboxylic acids is 1. The molecule has 0 radical (unpaired) electrons. The number of aromatic nitrogens is 3. The van der Waals surface area contributed by atoms with Crippen LogP contribution in [-0.2, 0) is 11.8 Å². The normalized spacial score (nSPS) is 11.4. The van der Waals surface area contributed by atoms with Crippen LogP contribution in [0.5, 0.6) is 0 Å². The maximum Gasteiger partial charge on any atom is 0.176 e. The lowest BCUT2D eigenvalue weighted by atomic mass is 9.84. The first-order chi connectivity index (χ1) is 9.94. The molecule has 110 valence electrons. The third-order valence-corrected chi connectivity index (χ3v) is 3.96. The molecule has 0 atom stereocenters. The highest BCUT2D eigenvalue weighted by molar-refractivity contribution is 9.09. The summed E-state index contributed by atoms with van der Waals surface area (Å²) in [5.41, 5.74) is 1.03. The summed E-state index contributed by atoms with van der Waals surface area (Å²) >= 11 is 9.34. The molecule has 0 N–H and O–H groups in total. The van der Waals surface area contributed by atoms with Crippen LogP contribution < -0.4 is 0 Å². The number of hydrogen-bond donors (Lipinski definition) is 0. The lowest BCUT2D eigenvalue weighted by Crippen LogP contribution is -2.24. The molecule has 0 amide bonds. The fraction of sp³-hybridized carbons (Fsp3) is 0.333. The summed E-state index contributed by atoms with van der Waals surface area (Å²) in [5, 5.41) is 0.902. The first kappa shape index (κ1) is 16.0. The first-order valence-electron chi connectivity index (χ1n) is 6.45. The van der Waals surface area contributed by atoms with Crippen LogP contribution in [-0.4, -0.2) is 26.1 Å². The number of nitrogens with zero attached hydrogens (tertiary/aromatic N) is 3. The maximum atomic E-state index is 11.5. The highest BCUT2D eigenvalue weighted by Gasteiger charge is 2.26. The number of carbonyl (C=O) groups is 1. The Morgan fingerprint density at radius 2 is 1.95 bits per heavy atom. The van der Waals surface area contributed by atoms with Gasteiger partial charge in [-0.15, -0.1) is 0 Å². The Kier molecular flexibility index (Phi) is 5.06. The van der Waals surface area contributed by atoms with Gasteiger partial charge in [0.15, 0.2) is 5.78 Å². The van der Waals surface area contributed by atoms with Gasteiger partial charge in [0, 0.05) is 30.4 Å². The fourth-order valence-corrected chi connectivity index (χ4v) is 2.73. The summed E-state index contributed by atoms with van der Waals surface area (Å²) in [6.07, 6.45) is 5.43. The first-order valence-corrected chi connectivity index (χ1v) is 7.95. The van der Waals surface area contributed by atoms with Crippen molar-refractivity contribution in [1.82, 2.24) is 15.0 Å². The Morgan fingerprint density at radius 3 is 2.52 bits per heavy atom. The van der Waals surface area contributed by atoms with Gasteiger partial charge in [-0.3, -0.25) is 9.78 Å². The van der Waals surface area contributed by atoms with Crippen LogP contribution in [0, 0.1) is 0 Å². The lowest BCUT2D eigenvalue weighted by Gasteiger charge is -2.24. The van der Waals surface area contributed by atoms with E-state index in [-0.39, 0.29) is 16.5 Å². The van der Waals surface area contributed by atoms with E-state index in [1.807, 2.05) is 19.9 Å². The zero-order valence-electron chi connectivity index (χ0n) is 11.8. The fourth-order valence-electron chi connectivity index (χ4n) is 2.03. The number of halogens is 2. The molecule has 2 aromatic heterocycles. The second kappa shape index (κ2) is 6.62. The molecule has 0 aliphatic heterocycles. The van der Waals surface area contributed by atoms with Gasteiger partial charge in [0.25, 0.3) is 0 Å². The third kappa shape index (κ3) is 3.86. The van der Waals surface area contributed by atoms with Crippen molar-refractivity contribution >= 4 is 33.3 Å². The minimum Gasteiger partial charge on any atom is -0.293 e. The molecule has 2 rings (SSSR count). The van der Waals surface area contributed by atoms with E-state index >= 15 is 0 Å². The van der Waals surface area contributed by atoms with Gasteiger partial charge in [-0.1, -0.05) is 41.4 Å². The monoisotopic (exact) mass is 367 g/mol. The predicted octanol–water partition coefficient (Wildman–Crippen LogP) is 3.62. The van der Waals surface area contributed by atoms with Crippen LogP contribution in [0.1, 0.15) is 35.7 Å². The molecule has 0 fully saturated rings. The van der Waals surface area contributed by atoms with Gasteiger partial charge in [-0.25, -0.2) is 9.97 Å². The Bertz CT molecular complexity index is 644. The van der Waals surface area contributed by atoms with Crippen molar-refractivity contribution in [3.05, 3.63) is 52.8 Å². The van der Waals surface area contributed by atoms with Gasteiger partial charge in [0.2, 0.25) is 0 Å². The minimum atomic E-state index is -0.292. The van der Waals surface area contributed by atoms with Crippen LogP contribution in [0.4, 0.5) is 0 Å².